The third-order valence-electron chi connectivity index (χ3n) is 4.56. The van der Waals surface area contributed by atoms with E-state index in [1.165, 1.54) is 4.90 Å². The molecule has 3 N–H and O–H groups in total. The Morgan fingerprint density at radius 1 is 0.966 bits per heavy atom. The molecule has 0 bridgehead atoms. The number of nitrogens with one attached hydrogen (secondary N) is 3. The molecule has 0 aliphatic rings. The Bertz CT molecular complexity index is 1010. The van der Waals surface area contributed by atoms with Crippen molar-refractivity contribution in [3.8, 4) is 5.69 Å². The molecule has 150 valence electrons. The molecule has 8 nitrogen and oxygen atoms in total. The van der Waals surface area contributed by atoms with Gasteiger partial charge in [-0.25, -0.2) is 14.3 Å². The number of urea groups is 2. The minimum Gasteiger partial charge on any atom is -0.341 e. The molecule has 2 aromatic carbocycles. The lowest BCUT2D eigenvalue weighted by atomic mass is 10.2. The quantitative estimate of drug-likeness (QED) is 0.629. The van der Waals surface area contributed by atoms with Crippen LogP contribution in [-0.2, 0) is 0 Å². The summed E-state index contributed by atoms with van der Waals surface area (Å²) in [6.07, 6.45) is 0. The van der Waals surface area contributed by atoms with Crippen molar-refractivity contribution in [2.45, 2.75) is 13.8 Å². The van der Waals surface area contributed by atoms with E-state index in [1.54, 1.807) is 43.0 Å². The SMILES string of the molecule is CNC(=O)N(C)c1ccc(NC(=O)Nc2c(C)nn(-c3ccccc3)c2C)cc1. The number of hydrogen-bond acceptors (Lipinski definition) is 3. The molecular weight excluding hydrogens is 368 g/mol. The molecule has 0 aliphatic carbocycles. The molecule has 3 aromatic rings. The van der Waals surface area contributed by atoms with E-state index in [4.69, 9.17) is 0 Å². The van der Waals surface area contributed by atoms with E-state index in [0.29, 0.717) is 17.1 Å². The second-order valence-electron chi connectivity index (χ2n) is 6.53. The number of amides is 4. The number of aromatic nitrogens is 2. The summed E-state index contributed by atoms with van der Waals surface area (Å²) in [6, 6.07) is 16.2. The predicted octanol–water partition coefficient (Wildman–Crippen LogP) is 3.91. The lowest BCUT2D eigenvalue weighted by Gasteiger charge is -2.17. The van der Waals surface area contributed by atoms with Gasteiger partial charge in [-0.1, -0.05) is 18.2 Å². The van der Waals surface area contributed by atoms with E-state index in [-0.39, 0.29) is 12.1 Å². The Kier molecular flexibility index (Phi) is 5.82. The molecule has 3 rings (SSSR count). The Balaban J connectivity index is 1.70. The van der Waals surface area contributed by atoms with Crippen molar-refractivity contribution in [1.29, 1.82) is 0 Å². The maximum Gasteiger partial charge on any atom is 0.323 e. The van der Waals surface area contributed by atoms with Gasteiger partial charge in [0, 0.05) is 25.5 Å². The van der Waals surface area contributed by atoms with Crippen LogP contribution in [0, 0.1) is 13.8 Å². The summed E-state index contributed by atoms with van der Waals surface area (Å²) in [5.41, 5.74) is 4.49. The Hall–Kier alpha value is -3.81. The van der Waals surface area contributed by atoms with Gasteiger partial charge >= 0.3 is 12.1 Å². The maximum atomic E-state index is 12.5. The van der Waals surface area contributed by atoms with Crippen LogP contribution >= 0.6 is 0 Å². The highest BCUT2D eigenvalue weighted by Gasteiger charge is 2.15. The highest BCUT2D eigenvalue weighted by molar-refractivity contribution is 6.00. The summed E-state index contributed by atoms with van der Waals surface area (Å²) in [5.74, 6) is 0. The molecule has 0 atom stereocenters. The zero-order chi connectivity index (χ0) is 21.0. The largest absolute Gasteiger partial charge is 0.341 e. The average molecular weight is 392 g/mol. The predicted molar refractivity (Wildman–Crippen MR) is 115 cm³/mol. The van der Waals surface area contributed by atoms with Crippen molar-refractivity contribution in [2.75, 3.05) is 29.6 Å². The fourth-order valence-electron chi connectivity index (χ4n) is 2.97. The molecule has 1 aromatic heterocycles. The van der Waals surface area contributed by atoms with E-state index in [1.807, 2.05) is 44.2 Å². The van der Waals surface area contributed by atoms with Crippen molar-refractivity contribution in [3.05, 3.63) is 66.0 Å². The molecule has 0 aliphatic heterocycles. The van der Waals surface area contributed by atoms with Crippen LogP contribution in [0.15, 0.2) is 54.6 Å². The van der Waals surface area contributed by atoms with E-state index < -0.39 is 0 Å². The van der Waals surface area contributed by atoms with Crippen LogP contribution in [0.2, 0.25) is 0 Å². The number of nitrogens with zero attached hydrogens (tertiary/aromatic N) is 3. The molecule has 4 amide bonds. The zero-order valence-corrected chi connectivity index (χ0v) is 16.9. The molecule has 29 heavy (non-hydrogen) atoms. The van der Waals surface area contributed by atoms with E-state index >= 15 is 0 Å². The van der Waals surface area contributed by atoms with Gasteiger partial charge in [-0.2, -0.15) is 5.10 Å². The van der Waals surface area contributed by atoms with Crippen LogP contribution in [-0.4, -0.2) is 35.9 Å². The molecule has 0 fully saturated rings. The van der Waals surface area contributed by atoms with Gasteiger partial charge < -0.3 is 16.0 Å². The maximum absolute atomic E-state index is 12.5. The first kappa shape index (κ1) is 19.9. The highest BCUT2D eigenvalue weighted by Crippen LogP contribution is 2.23. The van der Waals surface area contributed by atoms with Gasteiger partial charge in [-0.15, -0.1) is 0 Å². The Morgan fingerprint density at radius 3 is 2.24 bits per heavy atom. The molecule has 1 heterocycles. The lowest BCUT2D eigenvalue weighted by Crippen LogP contribution is -2.34. The topological polar surface area (TPSA) is 91.3 Å². The highest BCUT2D eigenvalue weighted by atomic mass is 16.2. The fraction of sp³-hybridized carbons (Fsp3) is 0.190. The molecule has 0 radical (unpaired) electrons. The van der Waals surface area contributed by atoms with Crippen molar-refractivity contribution in [2.24, 2.45) is 0 Å². The minimum absolute atomic E-state index is 0.218. The number of carbonyl (C=O) groups is 2. The molecule has 8 heteroatoms. The molecule has 0 unspecified atom stereocenters. The van der Waals surface area contributed by atoms with Crippen LogP contribution < -0.4 is 20.9 Å². The Labute approximate surface area is 169 Å². The number of carbonyl (C=O) groups excluding carboxylic acids is 2. The van der Waals surface area contributed by atoms with Crippen LogP contribution in [0.5, 0.6) is 0 Å². The average Bonchev–Trinajstić information content (AvgIpc) is 3.02. The monoisotopic (exact) mass is 392 g/mol. The van der Waals surface area contributed by atoms with Crippen molar-refractivity contribution < 1.29 is 9.59 Å². The van der Waals surface area contributed by atoms with Crippen molar-refractivity contribution in [3.63, 3.8) is 0 Å². The van der Waals surface area contributed by atoms with Gasteiger partial charge in [0.15, 0.2) is 0 Å². The molecule has 0 saturated heterocycles. The van der Waals surface area contributed by atoms with Crippen molar-refractivity contribution >= 4 is 29.1 Å². The molecular formula is C21H24N6O2. The standard InChI is InChI=1S/C21H24N6O2/c1-14-19(15(2)27(25-14)18-8-6-5-7-9-18)24-20(28)23-16-10-12-17(13-11-16)26(4)21(29)22-3/h5-13H,1-4H3,(H,22,29)(H2,23,24,28). The van der Waals surface area contributed by atoms with Gasteiger partial charge in [-0.05, 0) is 50.2 Å². The second-order valence-corrected chi connectivity index (χ2v) is 6.53. The number of para-hydroxylation sites is 1. The smallest absolute Gasteiger partial charge is 0.323 e. The summed E-state index contributed by atoms with van der Waals surface area (Å²) in [7, 11) is 3.24. The summed E-state index contributed by atoms with van der Waals surface area (Å²) >= 11 is 0. The zero-order valence-electron chi connectivity index (χ0n) is 16.9. The van der Waals surface area contributed by atoms with Crippen LogP contribution in [0.1, 0.15) is 11.4 Å². The first-order valence-electron chi connectivity index (χ1n) is 9.16. The summed E-state index contributed by atoms with van der Waals surface area (Å²) < 4.78 is 1.80. The number of hydrogen-bond donors (Lipinski definition) is 3. The van der Waals surface area contributed by atoms with E-state index in [2.05, 4.69) is 21.0 Å². The minimum atomic E-state index is -0.365. The second kappa shape index (κ2) is 8.47. The molecule has 0 saturated carbocycles. The molecule has 0 spiro atoms. The van der Waals surface area contributed by atoms with Gasteiger partial charge in [-0.3, -0.25) is 4.90 Å². The van der Waals surface area contributed by atoms with Gasteiger partial charge in [0.05, 0.1) is 22.8 Å². The third kappa shape index (κ3) is 4.37. The van der Waals surface area contributed by atoms with E-state index in [0.717, 1.165) is 17.1 Å². The normalized spacial score (nSPS) is 10.3. The van der Waals surface area contributed by atoms with E-state index in [9.17, 15) is 9.59 Å². The number of aryl methyl sites for hydroxylation is 1. The number of benzene rings is 2. The van der Waals surface area contributed by atoms with Gasteiger partial charge in [0.1, 0.15) is 0 Å². The van der Waals surface area contributed by atoms with Gasteiger partial charge in [0.2, 0.25) is 0 Å². The summed E-state index contributed by atoms with van der Waals surface area (Å²) in [4.78, 5) is 25.6. The van der Waals surface area contributed by atoms with Crippen LogP contribution in [0.4, 0.5) is 26.7 Å². The number of anilines is 3. The third-order valence-corrected chi connectivity index (χ3v) is 4.56. The first-order chi connectivity index (χ1) is 13.9. The van der Waals surface area contributed by atoms with Gasteiger partial charge in [0.25, 0.3) is 0 Å². The summed E-state index contributed by atoms with van der Waals surface area (Å²) in [6.45, 7) is 3.76. The number of rotatable bonds is 4. The first-order valence-corrected chi connectivity index (χ1v) is 9.16. The van der Waals surface area contributed by atoms with Crippen molar-refractivity contribution in [1.82, 2.24) is 15.1 Å². The Morgan fingerprint density at radius 2 is 1.62 bits per heavy atom. The summed E-state index contributed by atoms with van der Waals surface area (Å²) in [5, 5.41) is 12.8. The van der Waals surface area contributed by atoms with Crippen LogP contribution in [0.25, 0.3) is 5.69 Å². The lowest BCUT2D eigenvalue weighted by molar-refractivity contribution is 0.249. The van der Waals surface area contributed by atoms with Crippen LogP contribution in [0.3, 0.4) is 0 Å². The fourth-order valence-corrected chi connectivity index (χ4v) is 2.97.